The first-order valence-corrected chi connectivity index (χ1v) is 6.75. The third kappa shape index (κ3) is 2.96. The minimum absolute atomic E-state index is 0.170. The van der Waals surface area contributed by atoms with Crippen LogP contribution in [0.5, 0.6) is 0 Å². The van der Waals surface area contributed by atoms with Gasteiger partial charge in [-0.2, -0.15) is 0 Å². The number of aliphatic hydroxyl groups is 1. The Morgan fingerprint density at radius 1 is 1.38 bits per heavy atom. The van der Waals surface area contributed by atoms with Gasteiger partial charge >= 0.3 is 0 Å². The van der Waals surface area contributed by atoms with Gasteiger partial charge in [-0.1, -0.05) is 19.3 Å². The number of nitrogens with one attached hydrogen (secondary N) is 1. The number of aliphatic hydroxyl groups excluding tert-OH is 1. The molecule has 2 aliphatic rings. The Bertz CT molecular complexity index is 208. The second-order valence-electron chi connectivity index (χ2n) is 5.53. The van der Waals surface area contributed by atoms with Crippen LogP contribution < -0.4 is 5.32 Å². The molecule has 0 bridgehead atoms. The van der Waals surface area contributed by atoms with Gasteiger partial charge in [0.15, 0.2) is 0 Å². The molecule has 0 aromatic carbocycles. The van der Waals surface area contributed by atoms with E-state index in [1.54, 1.807) is 0 Å². The van der Waals surface area contributed by atoms with Gasteiger partial charge in [0.2, 0.25) is 0 Å². The fourth-order valence-electron chi connectivity index (χ4n) is 3.17. The third-order valence-electron chi connectivity index (χ3n) is 4.05. The van der Waals surface area contributed by atoms with Crippen LogP contribution in [0.3, 0.4) is 0 Å². The second-order valence-corrected chi connectivity index (χ2v) is 5.53. The van der Waals surface area contributed by atoms with E-state index in [1.807, 2.05) is 6.92 Å². The summed E-state index contributed by atoms with van der Waals surface area (Å²) in [5, 5.41) is 12.6. The molecule has 2 unspecified atom stereocenters. The Balaban J connectivity index is 1.87. The summed E-state index contributed by atoms with van der Waals surface area (Å²) >= 11 is 0. The van der Waals surface area contributed by atoms with Crippen molar-refractivity contribution >= 4 is 0 Å². The van der Waals surface area contributed by atoms with E-state index in [0.29, 0.717) is 6.04 Å². The molecule has 1 spiro atoms. The van der Waals surface area contributed by atoms with Crippen LogP contribution in [-0.4, -0.2) is 36.0 Å². The highest BCUT2D eigenvalue weighted by molar-refractivity contribution is 4.92. The average Bonchev–Trinajstić information content (AvgIpc) is 2.30. The van der Waals surface area contributed by atoms with Crippen molar-refractivity contribution < 1.29 is 9.84 Å². The molecule has 94 valence electrons. The van der Waals surface area contributed by atoms with Gasteiger partial charge in [-0.15, -0.1) is 0 Å². The lowest BCUT2D eigenvalue weighted by Gasteiger charge is -2.44. The second kappa shape index (κ2) is 5.48. The van der Waals surface area contributed by atoms with Gasteiger partial charge in [0.1, 0.15) is 0 Å². The van der Waals surface area contributed by atoms with E-state index < -0.39 is 0 Å². The fraction of sp³-hybridized carbons (Fsp3) is 1.00. The minimum atomic E-state index is 0.170. The summed E-state index contributed by atoms with van der Waals surface area (Å²) in [4.78, 5) is 0. The number of hydrogen-bond donors (Lipinski definition) is 2. The maximum Gasteiger partial charge on any atom is 0.0697 e. The van der Waals surface area contributed by atoms with Crippen molar-refractivity contribution in [3.63, 3.8) is 0 Å². The van der Waals surface area contributed by atoms with E-state index in [0.717, 1.165) is 19.4 Å². The van der Waals surface area contributed by atoms with E-state index in [2.05, 4.69) is 5.32 Å². The molecule has 1 aliphatic heterocycles. The Hall–Kier alpha value is -0.120. The van der Waals surface area contributed by atoms with Gasteiger partial charge < -0.3 is 15.2 Å². The maximum absolute atomic E-state index is 9.07. The number of rotatable bonds is 3. The summed E-state index contributed by atoms with van der Waals surface area (Å²) in [5.41, 5.74) is 0.170. The standard InChI is InChI=1S/C13H25NO2/c1-11(10-15)14-12-5-8-16-13(9-12)6-3-2-4-7-13/h11-12,14-15H,2-10H2,1H3. The highest BCUT2D eigenvalue weighted by Gasteiger charge is 2.38. The molecule has 0 aromatic rings. The van der Waals surface area contributed by atoms with Crippen LogP contribution in [-0.2, 0) is 4.74 Å². The molecular weight excluding hydrogens is 202 g/mol. The number of hydrogen-bond acceptors (Lipinski definition) is 3. The fourth-order valence-corrected chi connectivity index (χ4v) is 3.17. The molecule has 2 rings (SSSR count). The lowest BCUT2D eigenvalue weighted by atomic mass is 9.78. The van der Waals surface area contributed by atoms with E-state index >= 15 is 0 Å². The van der Waals surface area contributed by atoms with Crippen molar-refractivity contribution in [3.8, 4) is 0 Å². The summed E-state index contributed by atoms with van der Waals surface area (Å²) in [5.74, 6) is 0. The van der Waals surface area contributed by atoms with Crippen molar-refractivity contribution in [1.82, 2.24) is 5.32 Å². The van der Waals surface area contributed by atoms with E-state index in [1.165, 1.54) is 32.1 Å². The molecule has 1 saturated carbocycles. The molecule has 0 amide bonds. The minimum Gasteiger partial charge on any atom is -0.395 e. The zero-order valence-corrected chi connectivity index (χ0v) is 10.4. The largest absolute Gasteiger partial charge is 0.395 e. The molecule has 16 heavy (non-hydrogen) atoms. The van der Waals surface area contributed by atoms with Crippen LogP contribution >= 0.6 is 0 Å². The van der Waals surface area contributed by atoms with Crippen LogP contribution in [0, 0.1) is 0 Å². The monoisotopic (exact) mass is 227 g/mol. The molecule has 0 aromatic heterocycles. The van der Waals surface area contributed by atoms with Crippen molar-refractivity contribution in [2.45, 2.75) is 69.6 Å². The molecular formula is C13H25NO2. The molecule has 2 fully saturated rings. The lowest BCUT2D eigenvalue weighted by molar-refractivity contribution is -0.110. The predicted octanol–water partition coefficient (Wildman–Crippen LogP) is 1.84. The quantitative estimate of drug-likeness (QED) is 0.773. The first-order chi connectivity index (χ1) is 7.74. The van der Waals surface area contributed by atoms with Crippen molar-refractivity contribution in [2.24, 2.45) is 0 Å². The van der Waals surface area contributed by atoms with Crippen LogP contribution in [0.25, 0.3) is 0 Å². The van der Waals surface area contributed by atoms with Gasteiger partial charge in [-0.25, -0.2) is 0 Å². The Kier molecular flexibility index (Phi) is 4.22. The molecule has 2 atom stereocenters. The van der Waals surface area contributed by atoms with Gasteiger partial charge in [0, 0.05) is 18.7 Å². The van der Waals surface area contributed by atoms with Gasteiger partial charge in [0.05, 0.1) is 12.2 Å². The van der Waals surface area contributed by atoms with Gasteiger partial charge in [-0.05, 0) is 32.6 Å². The molecule has 3 nitrogen and oxygen atoms in total. The average molecular weight is 227 g/mol. The summed E-state index contributed by atoms with van der Waals surface area (Å²) < 4.78 is 6.05. The molecule has 3 heteroatoms. The topological polar surface area (TPSA) is 41.5 Å². The Morgan fingerprint density at radius 3 is 2.81 bits per heavy atom. The highest BCUT2D eigenvalue weighted by Crippen LogP contribution is 2.38. The molecule has 1 saturated heterocycles. The SMILES string of the molecule is CC(CO)NC1CCOC2(CCCCC2)C1. The van der Waals surface area contributed by atoms with E-state index in [-0.39, 0.29) is 18.2 Å². The van der Waals surface area contributed by atoms with E-state index in [4.69, 9.17) is 9.84 Å². The number of ether oxygens (including phenoxy) is 1. The molecule has 1 aliphatic carbocycles. The first kappa shape index (κ1) is 12.3. The van der Waals surface area contributed by atoms with Crippen LogP contribution in [0.1, 0.15) is 51.9 Å². The summed E-state index contributed by atoms with van der Waals surface area (Å²) in [6.45, 7) is 3.16. The predicted molar refractivity (Wildman–Crippen MR) is 64.5 cm³/mol. The zero-order valence-electron chi connectivity index (χ0n) is 10.4. The smallest absolute Gasteiger partial charge is 0.0697 e. The summed E-state index contributed by atoms with van der Waals surface area (Å²) in [6.07, 6.45) is 8.71. The summed E-state index contributed by atoms with van der Waals surface area (Å²) in [6, 6.07) is 0.748. The molecule has 0 radical (unpaired) electrons. The van der Waals surface area contributed by atoms with Crippen molar-refractivity contribution in [1.29, 1.82) is 0 Å². The summed E-state index contributed by atoms with van der Waals surface area (Å²) in [7, 11) is 0. The third-order valence-corrected chi connectivity index (χ3v) is 4.05. The first-order valence-electron chi connectivity index (χ1n) is 6.75. The van der Waals surface area contributed by atoms with Gasteiger partial charge in [-0.3, -0.25) is 0 Å². The van der Waals surface area contributed by atoms with Crippen molar-refractivity contribution in [3.05, 3.63) is 0 Å². The van der Waals surface area contributed by atoms with Gasteiger partial charge in [0.25, 0.3) is 0 Å². The molecule has 2 N–H and O–H groups in total. The highest BCUT2D eigenvalue weighted by atomic mass is 16.5. The van der Waals surface area contributed by atoms with E-state index in [9.17, 15) is 0 Å². The Labute approximate surface area is 98.6 Å². The van der Waals surface area contributed by atoms with Crippen LogP contribution in [0.2, 0.25) is 0 Å². The lowest BCUT2D eigenvalue weighted by Crippen LogP contribution is -2.50. The maximum atomic E-state index is 9.07. The molecule has 1 heterocycles. The van der Waals surface area contributed by atoms with Crippen molar-refractivity contribution in [2.75, 3.05) is 13.2 Å². The normalized spacial score (nSPS) is 31.5. The van der Waals surface area contributed by atoms with Crippen LogP contribution in [0.4, 0.5) is 0 Å². The van der Waals surface area contributed by atoms with Crippen LogP contribution in [0.15, 0.2) is 0 Å². The Morgan fingerprint density at radius 2 is 2.12 bits per heavy atom. The zero-order chi connectivity index (χ0) is 11.4.